The highest BCUT2D eigenvalue weighted by Crippen LogP contribution is 2.48. The Balaban J connectivity index is 0.00000145. The maximum absolute atomic E-state index is 13.6. The van der Waals surface area contributed by atoms with Crippen LogP contribution in [0.5, 0.6) is 5.75 Å². The van der Waals surface area contributed by atoms with E-state index in [2.05, 4.69) is 4.99 Å². The summed E-state index contributed by atoms with van der Waals surface area (Å²) in [5.74, 6) is -0.738. The van der Waals surface area contributed by atoms with Crippen molar-refractivity contribution >= 4 is 11.6 Å². The minimum atomic E-state index is -1.21. The Bertz CT molecular complexity index is 930. The quantitative estimate of drug-likeness (QED) is 0.554. The van der Waals surface area contributed by atoms with E-state index in [4.69, 9.17) is 10.5 Å². The van der Waals surface area contributed by atoms with Gasteiger partial charge in [0.25, 0.3) is 0 Å². The first-order valence-electron chi connectivity index (χ1n) is 9.65. The van der Waals surface area contributed by atoms with Crippen molar-refractivity contribution in [3.8, 4) is 16.9 Å². The Labute approximate surface area is 170 Å². The number of carbonyl (C=O) groups excluding carboxylic acids is 1. The van der Waals surface area contributed by atoms with Crippen molar-refractivity contribution in [2.24, 2.45) is 10.7 Å². The minimum absolute atomic E-state index is 0.174. The standard InChI is InChI=1S/C21H22F2N2O2.C2H6/c1-12(26)21(25-13(2)24)11-20(3,4)27-19-6-5-14(9-18(19)21)15-7-16(22)10-17(23)8-15;1-2/h5-10H,11H2,1-4H3,(H2,24,25);1-2H3. The number of nitrogens with two attached hydrogens (primary N) is 1. The average molecular weight is 402 g/mol. The Kier molecular flexibility index (Phi) is 6.46. The molecule has 156 valence electrons. The molecule has 0 radical (unpaired) electrons. The summed E-state index contributed by atoms with van der Waals surface area (Å²) in [5.41, 5.74) is 5.46. The third-order valence-corrected chi connectivity index (χ3v) is 4.64. The van der Waals surface area contributed by atoms with E-state index in [9.17, 15) is 13.6 Å². The molecule has 3 rings (SSSR count). The van der Waals surface area contributed by atoms with E-state index in [1.54, 1.807) is 25.1 Å². The topological polar surface area (TPSA) is 64.7 Å². The predicted octanol–water partition coefficient (Wildman–Crippen LogP) is 5.38. The van der Waals surface area contributed by atoms with Gasteiger partial charge >= 0.3 is 0 Å². The lowest BCUT2D eigenvalue weighted by molar-refractivity contribution is -0.125. The smallest absolute Gasteiger partial charge is 0.162 e. The average Bonchev–Trinajstić information content (AvgIpc) is 2.60. The van der Waals surface area contributed by atoms with Crippen LogP contribution in [-0.4, -0.2) is 17.2 Å². The number of amidine groups is 1. The van der Waals surface area contributed by atoms with Crippen LogP contribution in [0, 0.1) is 11.6 Å². The number of aliphatic imine (C=N–C) groups is 1. The fourth-order valence-electron chi connectivity index (χ4n) is 3.68. The molecule has 6 heteroatoms. The van der Waals surface area contributed by atoms with Crippen LogP contribution in [0.1, 0.15) is 53.5 Å². The lowest BCUT2D eigenvalue weighted by Crippen LogP contribution is -2.47. The van der Waals surface area contributed by atoms with Crippen LogP contribution in [0.2, 0.25) is 0 Å². The normalized spacial score (nSPS) is 20.1. The predicted molar refractivity (Wildman–Crippen MR) is 112 cm³/mol. The molecule has 0 amide bonds. The summed E-state index contributed by atoms with van der Waals surface area (Å²) in [7, 11) is 0. The summed E-state index contributed by atoms with van der Waals surface area (Å²) in [6.07, 6.45) is 0.303. The Morgan fingerprint density at radius 3 is 2.14 bits per heavy atom. The lowest BCUT2D eigenvalue weighted by Gasteiger charge is -2.42. The molecule has 29 heavy (non-hydrogen) atoms. The van der Waals surface area contributed by atoms with Crippen LogP contribution in [-0.2, 0) is 10.3 Å². The van der Waals surface area contributed by atoms with E-state index in [-0.39, 0.29) is 11.6 Å². The number of carbonyl (C=O) groups is 1. The zero-order valence-electron chi connectivity index (χ0n) is 17.8. The Morgan fingerprint density at radius 1 is 1.03 bits per heavy atom. The van der Waals surface area contributed by atoms with Gasteiger partial charge in [-0.05, 0) is 63.1 Å². The molecule has 1 aliphatic rings. The molecular formula is C23H28F2N2O2. The molecule has 1 unspecified atom stereocenters. The van der Waals surface area contributed by atoms with Gasteiger partial charge in [0.2, 0.25) is 0 Å². The van der Waals surface area contributed by atoms with E-state index in [0.29, 0.717) is 28.9 Å². The SMILES string of the molecule is CC.CC(=O)C1(N=C(C)N)CC(C)(C)Oc2ccc(-c3cc(F)cc(F)c3)cc21. The van der Waals surface area contributed by atoms with Gasteiger partial charge < -0.3 is 10.5 Å². The van der Waals surface area contributed by atoms with E-state index < -0.39 is 22.8 Å². The van der Waals surface area contributed by atoms with Crippen LogP contribution in [0.3, 0.4) is 0 Å². The van der Waals surface area contributed by atoms with Crippen LogP contribution < -0.4 is 10.5 Å². The van der Waals surface area contributed by atoms with Gasteiger partial charge in [0.1, 0.15) is 23.0 Å². The summed E-state index contributed by atoms with van der Waals surface area (Å²) < 4.78 is 33.3. The van der Waals surface area contributed by atoms with Gasteiger partial charge in [-0.25, -0.2) is 8.78 Å². The molecule has 0 aromatic heterocycles. The second-order valence-electron chi connectivity index (χ2n) is 7.58. The third-order valence-electron chi connectivity index (χ3n) is 4.64. The Morgan fingerprint density at radius 2 is 1.62 bits per heavy atom. The molecule has 0 saturated heterocycles. The molecule has 0 spiro atoms. The molecule has 1 heterocycles. The van der Waals surface area contributed by atoms with Gasteiger partial charge in [0.05, 0.1) is 5.84 Å². The largest absolute Gasteiger partial charge is 0.487 e. The summed E-state index contributed by atoms with van der Waals surface area (Å²) in [6, 6.07) is 8.41. The van der Waals surface area contributed by atoms with E-state index in [0.717, 1.165) is 6.07 Å². The number of nitrogens with zero attached hydrogens (tertiary/aromatic N) is 1. The number of benzene rings is 2. The first-order valence-corrected chi connectivity index (χ1v) is 9.65. The molecule has 2 aromatic rings. The van der Waals surface area contributed by atoms with Gasteiger partial charge in [-0.15, -0.1) is 0 Å². The summed E-state index contributed by atoms with van der Waals surface area (Å²) in [5, 5.41) is 0. The molecule has 0 saturated carbocycles. The number of Topliss-reactive ketones (excluding diaryl/α,β-unsaturated/α-hetero) is 1. The number of halogens is 2. The summed E-state index contributed by atoms with van der Waals surface area (Å²) >= 11 is 0. The Hall–Kier alpha value is -2.76. The highest BCUT2D eigenvalue weighted by molar-refractivity contribution is 5.93. The number of hydrogen-bond acceptors (Lipinski definition) is 3. The maximum Gasteiger partial charge on any atom is 0.162 e. The summed E-state index contributed by atoms with van der Waals surface area (Å²) in [4.78, 5) is 17.2. The minimum Gasteiger partial charge on any atom is -0.487 e. The highest BCUT2D eigenvalue weighted by Gasteiger charge is 2.49. The third kappa shape index (κ3) is 4.63. The zero-order chi connectivity index (χ0) is 22.0. The van der Waals surface area contributed by atoms with Crippen molar-refractivity contribution < 1.29 is 18.3 Å². The summed E-state index contributed by atoms with van der Waals surface area (Å²) in [6.45, 7) is 10.8. The number of fused-ring (bicyclic) bond motifs is 1. The molecule has 1 atom stereocenters. The number of rotatable bonds is 3. The number of ketones is 1. The van der Waals surface area contributed by atoms with Crippen molar-refractivity contribution in [1.82, 2.24) is 0 Å². The number of hydrogen-bond donors (Lipinski definition) is 1. The van der Waals surface area contributed by atoms with Crippen molar-refractivity contribution in [2.75, 3.05) is 0 Å². The van der Waals surface area contributed by atoms with Gasteiger partial charge in [-0.3, -0.25) is 9.79 Å². The van der Waals surface area contributed by atoms with Gasteiger partial charge in [0, 0.05) is 18.1 Å². The van der Waals surface area contributed by atoms with Crippen LogP contribution >= 0.6 is 0 Å². The first kappa shape index (κ1) is 22.5. The molecule has 0 bridgehead atoms. The van der Waals surface area contributed by atoms with E-state index in [1.807, 2.05) is 27.7 Å². The number of ether oxygens (including phenoxy) is 1. The molecule has 2 aromatic carbocycles. The van der Waals surface area contributed by atoms with Crippen molar-refractivity contribution in [1.29, 1.82) is 0 Å². The van der Waals surface area contributed by atoms with E-state index in [1.165, 1.54) is 19.1 Å². The molecular weight excluding hydrogens is 374 g/mol. The van der Waals surface area contributed by atoms with Gasteiger partial charge in [-0.1, -0.05) is 19.9 Å². The second-order valence-corrected chi connectivity index (χ2v) is 7.58. The van der Waals surface area contributed by atoms with Crippen LogP contribution in [0.4, 0.5) is 8.78 Å². The second kappa shape index (κ2) is 8.31. The van der Waals surface area contributed by atoms with Crippen LogP contribution in [0.15, 0.2) is 41.4 Å². The molecule has 0 aliphatic carbocycles. The first-order chi connectivity index (χ1) is 13.5. The molecule has 2 N–H and O–H groups in total. The fourth-order valence-corrected chi connectivity index (χ4v) is 3.68. The monoisotopic (exact) mass is 402 g/mol. The highest BCUT2D eigenvalue weighted by atomic mass is 19.1. The molecule has 1 aliphatic heterocycles. The van der Waals surface area contributed by atoms with Crippen molar-refractivity contribution in [3.63, 3.8) is 0 Å². The molecule has 0 fully saturated rings. The molecule has 4 nitrogen and oxygen atoms in total. The van der Waals surface area contributed by atoms with Crippen molar-refractivity contribution in [3.05, 3.63) is 53.6 Å². The zero-order valence-corrected chi connectivity index (χ0v) is 17.8. The fraction of sp³-hybridized carbons (Fsp3) is 0.391. The van der Waals surface area contributed by atoms with Crippen LogP contribution in [0.25, 0.3) is 11.1 Å². The van der Waals surface area contributed by atoms with Gasteiger partial charge in [-0.2, -0.15) is 0 Å². The lowest BCUT2D eigenvalue weighted by atomic mass is 9.75. The van der Waals surface area contributed by atoms with Gasteiger partial charge in [0.15, 0.2) is 11.3 Å². The maximum atomic E-state index is 13.6. The van der Waals surface area contributed by atoms with E-state index >= 15 is 0 Å². The van der Waals surface area contributed by atoms with Crippen molar-refractivity contribution in [2.45, 2.75) is 59.1 Å².